The summed E-state index contributed by atoms with van der Waals surface area (Å²) in [5, 5.41) is 20.8. The molecule has 0 aliphatic heterocycles. The van der Waals surface area contributed by atoms with E-state index >= 15 is 0 Å². The first-order valence-electron chi connectivity index (χ1n) is 7.42. The van der Waals surface area contributed by atoms with E-state index in [-0.39, 0.29) is 10.6 Å². The summed E-state index contributed by atoms with van der Waals surface area (Å²) in [4.78, 5) is 24.2. The van der Waals surface area contributed by atoms with E-state index in [9.17, 15) is 33.0 Å². The fourth-order valence-corrected chi connectivity index (χ4v) is 2.43. The van der Waals surface area contributed by atoms with E-state index in [1.54, 1.807) is 0 Å². The highest BCUT2D eigenvalue weighted by Crippen LogP contribution is 2.36. The van der Waals surface area contributed by atoms with Crippen LogP contribution in [0.4, 0.5) is 18.9 Å². The Hall–Kier alpha value is -3.00. The number of carbonyl (C=O) groups is 2. The van der Waals surface area contributed by atoms with Crippen LogP contribution in [0, 0.1) is 0 Å². The number of phenols is 2. The van der Waals surface area contributed by atoms with Gasteiger partial charge in [-0.2, -0.15) is 13.2 Å². The number of hydrogen-bond donors (Lipinski definition) is 3. The first kappa shape index (κ1) is 20.3. The van der Waals surface area contributed by atoms with Crippen molar-refractivity contribution < 1.29 is 33.0 Å². The lowest BCUT2D eigenvalue weighted by molar-refractivity contribution is -0.137. The van der Waals surface area contributed by atoms with E-state index in [0.717, 1.165) is 31.2 Å². The monoisotopic (exact) mass is 399 g/mol. The van der Waals surface area contributed by atoms with Gasteiger partial charge in [-0.1, -0.05) is 23.7 Å². The van der Waals surface area contributed by atoms with E-state index in [0.29, 0.717) is 0 Å². The van der Waals surface area contributed by atoms with Gasteiger partial charge in [0.05, 0.1) is 21.8 Å². The zero-order chi connectivity index (χ0) is 20.4. The predicted octanol–water partition coefficient (Wildman–Crippen LogP) is 4.38. The maximum absolute atomic E-state index is 13.0. The van der Waals surface area contributed by atoms with E-state index in [4.69, 9.17) is 11.6 Å². The van der Waals surface area contributed by atoms with Crippen LogP contribution < -0.4 is 5.32 Å². The van der Waals surface area contributed by atoms with E-state index in [1.807, 2.05) is 0 Å². The smallest absolute Gasteiger partial charge is 0.418 e. The Morgan fingerprint density at radius 2 is 1.78 bits per heavy atom. The lowest BCUT2D eigenvalue weighted by atomic mass is 10.1. The molecular weight excluding hydrogens is 387 g/mol. The van der Waals surface area contributed by atoms with Gasteiger partial charge in [-0.05, 0) is 42.8 Å². The van der Waals surface area contributed by atoms with Crippen LogP contribution >= 0.6 is 11.6 Å². The Bertz CT molecular complexity index is 915. The number of anilines is 1. The first-order valence-corrected chi connectivity index (χ1v) is 7.80. The van der Waals surface area contributed by atoms with E-state index in [2.05, 4.69) is 5.32 Å². The molecule has 0 heterocycles. The number of hydrogen-bond acceptors (Lipinski definition) is 4. The number of benzene rings is 2. The van der Waals surface area contributed by atoms with Crippen molar-refractivity contribution in [1.29, 1.82) is 0 Å². The highest BCUT2D eigenvalue weighted by atomic mass is 35.5. The summed E-state index contributed by atoms with van der Waals surface area (Å²) in [6, 6.07) is 6.55. The molecule has 0 bridgehead atoms. The van der Waals surface area contributed by atoms with Gasteiger partial charge >= 0.3 is 6.18 Å². The third kappa shape index (κ3) is 4.79. The molecule has 0 aliphatic rings. The van der Waals surface area contributed by atoms with Gasteiger partial charge in [0.25, 0.3) is 5.91 Å². The molecule has 9 heteroatoms. The minimum Gasteiger partial charge on any atom is -0.504 e. The summed E-state index contributed by atoms with van der Waals surface area (Å²) in [6.07, 6.45) is -3.65. The van der Waals surface area contributed by atoms with Gasteiger partial charge in [0, 0.05) is 0 Å². The number of carbonyl (C=O) groups excluding carboxylic acids is 2. The van der Waals surface area contributed by atoms with Crippen molar-refractivity contribution in [3.8, 4) is 11.5 Å². The maximum atomic E-state index is 13.0. The Morgan fingerprint density at radius 3 is 2.33 bits per heavy atom. The zero-order valence-corrected chi connectivity index (χ0v) is 14.5. The average Bonchev–Trinajstić information content (AvgIpc) is 2.56. The van der Waals surface area contributed by atoms with Crippen LogP contribution in [-0.4, -0.2) is 21.9 Å². The highest BCUT2D eigenvalue weighted by Gasteiger charge is 2.33. The predicted molar refractivity (Wildman–Crippen MR) is 93.5 cm³/mol. The molecule has 2 rings (SSSR count). The van der Waals surface area contributed by atoms with Crippen molar-refractivity contribution in [2.24, 2.45) is 0 Å². The molecule has 2 aromatic rings. The van der Waals surface area contributed by atoms with Crippen LogP contribution in [0.25, 0.3) is 6.08 Å². The second kappa shape index (κ2) is 7.71. The number of rotatable bonds is 4. The van der Waals surface area contributed by atoms with Crippen LogP contribution in [0.3, 0.4) is 0 Å². The van der Waals surface area contributed by atoms with Gasteiger partial charge in [0.1, 0.15) is 0 Å². The van der Waals surface area contributed by atoms with E-state index < -0.39 is 46.2 Å². The zero-order valence-electron chi connectivity index (χ0n) is 13.8. The molecule has 27 heavy (non-hydrogen) atoms. The molecule has 0 saturated heterocycles. The summed E-state index contributed by atoms with van der Waals surface area (Å²) in [6.45, 7) is 1.06. The molecule has 1 amide bonds. The summed E-state index contributed by atoms with van der Waals surface area (Å²) < 4.78 is 39.1. The molecule has 142 valence electrons. The van der Waals surface area contributed by atoms with Crippen LogP contribution in [0.15, 0.2) is 42.0 Å². The van der Waals surface area contributed by atoms with Crippen LogP contribution in [0.2, 0.25) is 5.02 Å². The number of para-hydroxylation sites is 1. The molecule has 0 atom stereocenters. The SMILES string of the molecule is CC(=O)/C(=C\c1cc(O)c(O)c(Cl)c1)C(=O)Nc1ccccc1C(F)(F)F. The number of halogens is 4. The Balaban J connectivity index is 2.42. The minimum atomic E-state index is -4.69. The fraction of sp³-hybridized carbons (Fsp3) is 0.111. The normalized spacial score (nSPS) is 12.0. The lowest BCUT2D eigenvalue weighted by Crippen LogP contribution is -2.21. The van der Waals surface area contributed by atoms with Gasteiger partial charge in [-0.25, -0.2) is 0 Å². The topological polar surface area (TPSA) is 86.6 Å². The molecule has 0 spiro atoms. The van der Waals surface area contributed by atoms with Crippen molar-refractivity contribution >= 4 is 35.1 Å². The van der Waals surface area contributed by atoms with Crippen molar-refractivity contribution in [3.05, 3.63) is 58.1 Å². The molecule has 3 N–H and O–H groups in total. The maximum Gasteiger partial charge on any atom is 0.418 e. The number of nitrogens with one attached hydrogen (secondary N) is 1. The van der Waals surface area contributed by atoms with Crippen molar-refractivity contribution in [2.45, 2.75) is 13.1 Å². The average molecular weight is 400 g/mol. The lowest BCUT2D eigenvalue weighted by Gasteiger charge is -2.14. The Morgan fingerprint density at radius 1 is 1.15 bits per heavy atom. The fourth-order valence-electron chi connectivity index (χ4n) is 2.21. The second-order valence-corrected chi connectivity index (χ2v) is 5.89. The number of aromatic hydroxyl groups is 2. The summed E-state index contributed by atoms with van der Waals surface area (Å²) in [5.41, 5.74) is -1.94. The third-order valence-electron chi connectivity index (χ3n) is 3.48. The molecule has 0 saturated carbocycles. The molecular formula is C18H13ClF3NO4. The summed E-state index contributed by atoms with van der Waals surface area (Å²) in [5.74, 6) is -2.95. The summed E-state index contributed by atoms with van der Waals surface area (Å²) in [7, 11) is 0. The molecule has 0 radical (unpaired) electrons. The van der Waals surface area contributed by atoms with Gasteiger partial charge in [-0.3, -0.25) is 9.59 Å². The number of phenolic OH excluding ortho intramolecular Hbond substituents is 2. The minimum absolute atomic E-state index is 0.0970. The van der Waals surface area contributed by atoms with Gasteiger partial charge in [0.2, 0.25) is 0 Å². The third-order valence-corrected chi connectivity index (χ3v) is 3.77. The molecule has 2 aromatic carbocycles. The van der Waals surface area contributed by atoms with Crippen LogP contribution in [0.1, 0.15) is 18.1 Å². The molecule has 0 aliphatic carbocycles. The molecule has 0 unspecified atom stereocenters. The highest BCUT2D eigenvalue weighted by molar-refractivity contribution is 6.32. The summed E-state index contributed by atoms with van der Waals surface area (Å²) >= 11 is 5.71. The molecule has 5 nitrogen and oxygen atoms in total. The second-order valence-electron chi connectivity index (χ2n) is 5.48. The number of Topliss-reactive ketones (excluding diaryl/α,β-unsaturated/α-hetero) is 1. The van der Waals surface area contributed by atoms with Gasteiger partial charge < -0.3 is 15.5 Å². The molecule has 0 aromatic heterocycles. The Kier molecular flexibility index (Phi) is 5.80. The first-order chi connectivity index (χ1) is 12.5. The quantitative estimate of drug-likeness (QED) is 0.308. The number of ketones is 1. The number of alkyl halides is 3. The molecule has 0 fully saturated rings. The van der Waals surface area contributed by atoms with E-state index in [1.165, 1.54) is 18.2 Å². The Labute approximate surface area is 156 Å². The van der Waals surface area contributed by atoms with Gasteiger partial charge in [0.15, 0.2) is 17.3 Å². The number of amides is 1. The van der Waals surface area contributed by atoms with Crippen LogP contribution in [0.5, 0.6) is 11.5 Å². The van der Waals surface area contributed by atoms with Crippen LogP contribution in [-0.2, 0) is 15.8 Å². The standard InChI is InChI=1S/C18H13ClF3NO4/c1-9(24)11(6-10-7-13(19)16(26)15(25)8-10)17(27)23-14-5-3-2-4-12(14)18(20,21)22/h2-8,25-26H,1H3,(H,23,27)/b11-6+. The van der Waals surface area contributed by atoms with Crippen molar-refractivity contribution in [2.75, 3.05) is 5.32 Å². The van der Waals surface area contributed by atoms with Gasteiger partial charge in [-0.15, -0.1) is 0 Å². The van der Waals surface area contributed by atoms with Crippen molar-refractivity contribution in [3.63, 3.8) is 0 Å². The largest absolute Gasteiger partial charge is 0.504 e. The van der Waals surface area contributed by atoms with Crippen molar-refractivity contribution in [1.82, 2.24) is 0 Å².